The van der Waals surface area contributed by atoms with Gasteiger partial charge in [-0.25, -0.2) is 9.67 Å². The van der Waals surface area contributed by atoms with Crippen LogP contribution in [0.4, 0.5) is 0 Å². The van der Waals surface area contributed by atoms with Crippen molar-refractivity contribution in [3.63, 3.8) is 0 Å². The molecule has 0 radical (unpaired) electrons. The first-order valence-corrected chi connectivity index (χ1v) is 9.20. The third-order valence-electron chi connectivity index (χ3n) is 5.39. The average Bonchev–Trinajstić information content (AvgIpc) is 3.22. The van der Waals surface area contributed by atoms with Crippen LogP contribution in [-0.2, 0) is 6.54 Å². The minimum Gasteiger partial charge on any atom is -0.340 e. The number of fused-ring (bicyclic) bond motifs is 1. The molecule has 0 unspecified atom stereocenters. The molecule has 6 nitrogen and oxygen atoms in total. The van der Waals surface area contributed by atoms with E-state index in [1.165, 1.54) is 30.5 Å². The first kappa shape index (κ1) is 16.3. The zero-order chi connectivity index (χ0) is 17.4. The number of imidazole rings is 1. The van der Waals surface area contributed by atoms with Crippen LogP contribution in [-0.4, -0.2) is 49.5 Å². The van der Waals surface area contributed by atoms with Gasteiger partial charge < -0.3 is 9.88 Å². The van der Waals surface area contributed by atoms with E-state index in [0.29, 0.717) is 12.5 Å². The van der Waals surface area contributed by atoms with Crippen LogP contribution in [0.5, 0.6) is 0 Å². The highest BCUT2D eigenvalue weighted by Gasteiger charge is 2.22. The Hall–Kier alpha value is -2.21. The van der Waals surface area contributed by atoms with E-state index in [1.54, 1.807) is 0 Å². The first-order valence-electron chi connectivity index (χ1n) is 9.20. The maximum Gasteiger partial charge on any atom is 0.129 e. The maximum atomic E-state index is 4.70. The molecule has 6 heteroatoms. The van der Waals surface area contributed by atoms with Crippen molar-refractivity contribution in [2.24, 2.45) is 0 Å². The smallest absolute Gasteiger partial charge is 0.129 e. The van der Waals surface area contributed by atoms with E-state index in [0.717, 1.165) is 35.6 Å². The van der Waals surface area contributed by atoms with Crippen molar-refractivity contribution in [2.75, 3.05) is 19.6 Å². The Bertz CT molecular complexity index is 838. The zero-order valence-corrected chi connectivity index (χ0v) is 15.3. The molecule has 2 aromatic heterocycles. The molecule has 0 aliphatic carbocycles. The molecule has 1 saturated heterocycles. The number of nitrogens with one attached hydrogen (secondary N) is 1. The molecule has 0 amide bonds. The van der Waals surface area contributed by atoms with Gasteiger partial charge in [-0.15, -0.1) is 5.10 Å². The van der Waals surface area contributed by atoms with E-state index in [4.69, 9.17) is 4.98 Å². The average molecular weight is 338 g/mol. The normalized spacial score (nSPS) is 18.9. The second-order valence-corrected chi connectivity index (χ2v) is 7.21. The lowest BCUT2D eigenvalue weighted by atomic mass is 9.95. The Morgan fingerprint density at radius 2 is 2.08 bits per heavy atom. The highest BCUT2D eigenvalue weighted by atomic mass is 15.4. The molecule has 1 fully saturated rings. The molecule has 1 aliphatic rings. The van der Waals surface area contributed by atoms with Gasteiger partial charge >= 0.3 is 0 Å². The van der Waals surface area contributed by atoms with E-state index >= 15 is 0 Å². The standard InChI is InChI=1S/C19H26N6/c1-4-24-7-5-6-15(10-24)18-11-25(23-22-18)12-19-20-16-8-13(2)14(3)9-17(16)21-19/h8-9,11,15H,4-7,10,12H2,1-3H3,(H,20,21)/t15-/m0/s1. The summed E-state index contributed by atoms with van der Waals surface area (Å²) < 4.78 is 1.90. The highest BCUT2D eigenvalue weighted by Crippen LogP contribution is 2.25. The molecule has 132 valence electrons. The molecule has 3 aromatic rings. The number of aromatic amines is 1. The molecule has 3 heterocycles. The van der Waals surface area contributed by atoms with Gasteiger partial charge in [0, 0.05) is 18.7 Å². The highest BCUT2D eigenvalue weighted by molar-refractivity contribution is 5.77. The lowest BCUT2D eigenvalue weighted by Crippen LogP contribution is -2.34. The third-order valence-corrected chi connectivity index (χ3v) is 5.39. The number of benzene rings is 1. The fourth-order valence-corrected chi connectivity index (χ4v) is 3.71. The Morgan fingerprint density at radius 3 is 2.92 bits per heavy atom. The molecular formula is C19H26N6. The van der Waals surface area contributed by atoms with E-state index < -0.39 is 0 Å². The van der Waals surface area contributed by atoms with Crippen LogP contribution in [0, 0.1) is 13.8 Å². The van der Waals surface area contributed by atoms with Crippen LogP contribution in [0.15, 0.2) is 18.3 Å². The lowest BCUT2D eigenvalue weighted by molar-refractivity contribution is 0.216. The van der Waals surface area contributed by atoms with Crippen molar-refractivity contribution in [3.05, 3.63) is 41.0 Å². The van der Waals surface area contributed by atoms with Crippen molar-refractivity contribution < 1.29 is 0 Å². The van der Waals surface area contributed by atoms with Crippen LogP contribution >= 0.6 is 0 Å². The van der Waals surface area contributed by atoms with E-state index in [2.05, 4.69) is 59.3 Å². The van der Waals surface area contributed by atoms with Crippen molar-refractivity contribution >= 4 is 11.0 Å². The van der Waals surface area contributed by atoms with Crippen LogP contribution in [0.1, 0.15) is 48.3 Å². The summed E-state index contributed by atoms with van der Waals surface area (Å²) in [6.07, 6.45) is 4.54. The topological polar surface area (TPSA) is 62.6 Å². The Kier molecular flexibility index (Phi) is 4.29. The molecular weight excluding hydrogens is 312 g/mol. The Balaban J connectivity index is 1.51. The molecule has 1 aliphatic heterocycles. The van der Waals surface area contributed by atoms with Gasteiger partial charge in [-0.2, -0.15) is 0 Å². The van der Waals surface area contributed by atoms with Crippen LogP contribution < -0.4 is 0 Å². The molecule has 0 spiro atoms. The van der Waals surface area contributed by atoms with Crippen LogP contribution in [0.3, 0.4) is 0 Å². The fraction of sp³-hybridized carbons (Fsp3) is 0.526. The van der Waals surface area contributed by atoms with Crippen molar-refractivity contribution in [3.8, 4) is 0 Å². The fourth-order valence-electron chi connectivity index (χ4n) is 3.71. The summed E-state index contributed by atoms with van der Waals surface area (Å²) in [7, 11) is 0. The van der Waals surface area contributed by atoms with Crippen molar-refractivity contribution in [2.45, 2.75) is 46.1 Å². The van der Waals surface area contributed by atoms with Gasteiger partial charge in [0.2, 0.25) is 0 Å². The van der Waals surface area contributed by atoms with Gasteiger partial charge in [0.05, 0.1) is 16.7 Å². The number of rotatable bonds is 4. The molecule has 4 rings (SSSR count). The summed E-state index contributed by atoms with van der Waals surface area (Å²) >= 11 is 0. The SMILES string of the molecule is CCN1CCC[C@H](c2cn(Cc3nc4cc(C)c(C)cc4[nH]3)nn2)C1. The summed E-state index contributed by atoms with van der Waals surface area (Å²) in [4.78, 5) is 10.6. The zero-order valence-electron chi connectivity index (χ0n) is 15.3. The summed E-state index contributed by atoms with van der Waals surface area (Å²) in [5, 5.41) is 8.76. The predicted molar refractivity (Wildman–Crippen MR) is 98.8 cm³/mol. The maximum absolute atomic E-state index is 4.70. The van der Waals surface area contributed by atoms with Gasteiger partial charge in [-0.05, 0) is 63.0 Å². The molecule has 1 N–H and O–H groups in total. The minimum absolute atomic E-state index is 0.503. The summed E-state index contributed by atoms with van der Waals surface area (Å²) in [5.41, 5.74) is 5.77. The van der Waals surface area contributed by atoms with Gasteiger partial charge in [-0.1, -0.05) is 12.1 Å². The number of piperidine rings is 1. The summed E-state index contributed by atoms with van der Waals surface area (Å²) in [5.74, 6) is 1.43. The van der Waals surface area contributed by atoms with E-state index in [9.17, 15) is 0 Å². The third kappa shape index (κ3) is 3.31. The number of hydrogen-bond acceptors (Lipinski definition) is 4. The largest absolute Gasteiger partial charge is 0.340 e. The minimum atomic E-state index is 0.503. The second kappa shape index (κ2) is 6.59. The lowest BCUT2D eigenvalue weighted by Gasteiger charge is -2.30. The number of hydrogen-bond donors (Lipinski definition) is 1. The van der Waals surface area contributed by atoms with Gasteiger partial charge in [-0.3, -0.25) is 0 Å². The summed E-state index contributed by atoms with van der Waals surface area (Å²) in [6, 6.07) is 4.30. The van der Waals surface area contributed by atoms with Crippen LogP contribution in [0.25, 0.3) is 11.0 Å². The number of aromatic nitrogens is 5. The van der Waals surface area contributed by atoms with E-state index in [1.807, 2.05) is 4.68 Å². The number of nitrogens with zero attached hydrogens (tertiary/aromatic N) is 5. The first-order chi connectivity index (χ1) is 12.1. The molecule has 25 heavy (non-hydrogen) atoms. The monoisotopic (exact) mass is 338 g/mol. The van der Waals surface area contributed by atoms with Gasteiger partial charge in [0.1, 0.15) is 12.4 Å². The molecule has 1 atom stereocenters. The quantitative estimate of drug-likeness (QED) is 0.794. The Morgan fingerprint density at radius 1 is 1.24 bits per heavy atom. The van der Waals surface area contributed by atoms with E-state index in [-0.39, 0.29) is 0 Å². The van der Waals surface area contributed by atoms with Crippen molar-refractivity contribution in [1.29, 1.82) is 0 Å². The second-order valence-electron chi connectivity index (χ2n) is 7.21. The summed E-state index contributed by atoms with van der Waals surface area (Å²) in [6.45, 7) is 10.5. The molecule has 1 aromatic carbocycles. The molecule has 0 bridgehead atoms. The van der Waals surface area contributed by atoms with Gasteiger partial charge in [0.15, 0.2) is 0 Å². The number of likely N-dealkylation sites (tertiary alicyclic amines) is 1. The van der Waals surface area contributed by atoms with Crippen molar-refractivity contribution in [1.82, 2.24) is 29.9 Å². The van der Waals surface area contributed by atoms with Gasteiger partial charge in [0.25, 0.3) is 0 Å². The number of aryl methyl sites for hydroxylation is 2. The number of H-pyrrole nitrogens is 1. The predicted octanol–water partition coefficient (Wildman–Crippen LogP) is 3.02. The van der Waals surface area contributed by atoms with Crippen LogP contribution in [0.2, 0.25) is 0 Å². The Labute approximate surface area is 148 Å². The number of likely N-dealkylation sites (N-methyl/N-ethyl adjacent to an activating group) is 1. The molecule has 0 saturated carbocycles.